The summed E-state index contributed by atoms with van der Waals surface area (Å²) in [5.41, 5.74) is 1.20. The SMILES string of the molecule is O=C(CSc1nc2ncccc2o1)NC[C@@H]1CCCO1. The van der Waals surface area contributed by atoms with E-state index in [0.717, 1.165) is 19.4 Å². The number of carbonyl (C=O) groups excluding carboxylic acids is 1. The zero-order valence-corrected chi connectivity index (χ0v) is 11.7. The van der Waals surface area contributed by atoms with Crippen molar-refractivity contribution in [3.05, 3.63) is 18.3 Å². The van der Waals surface area contributed by atoms with Crippen molar-refractivity contribution in [2.45, 2.75) is 24.2 Å². The van der Waals surface area contributed by atoms with Crippen LogP contribution in [0.5, 0.6) is 0 Å². The largest absolute Gasteiger partial charge is 0.430 e. The summed E-state index contributed by atoms with van der Waals surface area (Å²) in [5.74, 6) is 0.236. The average molecular weight is 293 g/mol. The summed E-state index contributed by atoms with van der Waals surface area (Å²) in [7, 11) is 0. The molecule has 0 radical (unpaired) electrons. The zero-order chi connectivity index (χ0) is 13.8. The van der Waals surface area contributed by atoms with E-state index in [1.165, 1.54) is 11.8 Å². The number of ether oxygens (including phenoxy) is 1. The minimum atomic E-state index is -0.0410. The van der Waals surface area contributed by atoms with Crippen molar-refractivity contribution in [3.8, 4) is 0 Å². The molecule has 106 valence electrons. The Kier molecular flexibility index (Phi) is 4.17. The molecule has 0 unspecified atom stereocenters. The molecule has 0 bridgehead atoms. The van der Waals surface area contributed by atoms with Gasteiger partial charge in [0.15, 0.2) is 11.2 Å². The third-order valence-electron chi connectivity index (χ3n) is 3.02. The molecule has 0 saturated carbocycles. The van der Waals surface area contributed by atoms with E-state index in [-0.39, 0.29) is 17.8 Å². The fourth-order valence-corrected chi connectivity index (χ4v) is 2.68. The number of fused-ring (bicyclic) bond motifs is 1. The first-order valence-corrected chi connectivity index (χ1v) is 7.52. The van der Waals surface area contributed by atoms with Crippen LogP contribution < -0.4 is 5.32 Å². The number of rotatable bonds is 5. The number of carbonyl (C=O) groups is 1. The Hall–Kier alpha value is -1.60. The number of oxazole rings is 1. The third-order valence-corrected chi connectivity index (χ3v) is 3.85. The Balaban J connectivity index is 1.47. The second-order valence-corrected chi connectivity index (χ2v) is 5.46. The van der Waals surface area contributed by atoms with Crippen LogP contribution in [0.2, 0.25) is 0 Å². The second-order valence-electron chi connectivity index (χ2n) is 4.53. The minimum Gasteiger partial charge on any atom is -0.430 e. The zero-order valence-electron chi connectivity index (χ0n) is 10.9. The van der Waals surface area contributed by atoms with E-state index < -0.39 is 0 Å². The number of pyridine rings is 1. The summed E-state index contributed by atoms with van der Waals surface area (Å²) >= 11 is 1.27. The van der Waals surface area contributed by atoms with Crippen molar-refractivity contribution < 1.29 is 13.9 Å². The number of amides is 1. The number of aromatic nitrogens is 2. The Morgan fingerprint density at radius 3 is 3.30 bits per heavy atom. The van der Waals surface area contributed by atoms with Crippen LogP contribution in [0.15, 0.2) is 28.0 Å². The molecule has 1 fully saturated rings. The predicted molar refractivity (Wildman–Crippen MR) is 74.5 cm³/mol. The maximum absolute atomic E-state index is 11.7. The van der Waals surface area contributed by atoms with Gasteiger partial charge in [0.2, 0.25) is 5.91 Å². The molecule has 1 N–H and O–H groups in total. The highest BCUT2D eigenvalue weighted by Gasteiger charge is 2.16. The van der Waals surface area contributed by atoms with Crippen LogP contribution in [-0.4, -0.2) is 40.9 Å². The first kappa shape index (κ1) is 13.4. The molecule has 1 saturated heterocycles. The molecule has 2 aromatic rings. The van der Waals surface area contributed by atoms with Gasteiger partial charge in [-0.2, -0.15) is 4.98 Å². The highest BCUT2D eigenvalue weighted by Crippen LogP contribution is 2.21. The number of hydrogen-bond acceptors (Lipinski definition) is 6. The molecule has 0 aliphatic carbocycles. The number of nitrogens with one attached hydrogen (secondary N) is 1. The molecule has 2 aromatic heterocycles. The van der Waals surface area contributed by atoms with Crippen LogP contribution in [0, 0.1) is 0 Å². The van der Waals surface area contributed by atoms with Gasteiger partial charge in [-0.25, -0.2) is 4.98 Å². The molecular formula is C13H15N3O3S. The van der Waals surface area contributed by atoms with Crippen LogP contribution in [0.1, 0.15) is 12.8 Å². The van der Waals surface area contributed by atoms with Crippen molar-refractivity contribution in [2.75, 3.05) is 18.9 Å². The molecule has 1 aliphatic rings. The van der Waals surface area contributed by atoms with Gasteiger partial charge in [0.1, 0.15) is 0 Å². The van der Waals surface area contributed by atoms with E-state index in [1.807, 2.05) is 0 Å². The van der Waals surface area contributed by atoms with E-state index in [2.05, 4.69) is 15.3 Å². The first-order chi connectivity index (χ1) is 9.81. The highest BCUT2D eigenvalue weighted by molar-refractivity contribution is 7.99. The van der Waals surface area contributed by atoms with Gasteiger partial charge in [0.25, 0.3) is 5.22 Å². The van der Waals surface area contributed by atoms with Crippen LogP contribution in [-0.2, 0) is 9.53 Å². The smallest absolute Gasteiger partial charge is 0.258 e. The number of thioether (sulfide) groups is 1. The summed E-state index contributed by atoms with van der Waals surface area (Å²) < 4.78 is 10.9. The van der Waals surface area contributed by atoms with Gasteiger partial charge in [-0.3, -0.25) is 4.79 Å². The van der Waals surface area contributed by atoms with Crippen LogP contribution in [0.4, 0.5) is 0 Å². The molecule has 6 nitrogen and oxygen atoms in total. The van der Waals surface area contributed by atoms with Crippen molar-refractivity contribution >= 4 is 28.9 Å². The van der Waals surface area contributed by atoms with E-state index in [1.54, 1.807) is 18.3 Å². The normalized spacial score (nSPS) is 18.5. The number of nitrogens with zero attached hydrogens (tertiary/aromatic N) is 2. The average Bonchev–Trinajstić information content (AvgIpc) is 3.11. The summed E-state index contributed by atoms with van der Waals surface area (Å²) in [6.45, 7) is 1.37. The van der Waals surface area contributed by atoms with Crippen molar-refractivity contribution in [3.63, 3.8) is 0 Å². The maximum atomic E-state index is 11.7. The first-order valence-electron chi connectivity index (χ1n) is 6.54. The van der Waals surface area contributed by atoms with Crippen molar-refractivity contribution in [1.82, 2.24) is 15.3 Å². The van der Waals surface area contributed by atoms with Gasteiger partial charge >= 0.3 is 0 Å². The van der Waals surface area contributed by atoms with Gasteiger partial charge in [-0.05, 0) is 25.0 Å². The lowest BCUT2D eigenvalue weighted by molar-refractivity contribution is -0.119. The summed E-state index contributed by atoms with van der Waals surface area (Å²) in [6.07, 6.45) is 3.92. The lowest BCUT2D eigenvalue weighted by Crippen LogP contribution is -2.32. The Morgan fingerprint density at radius 2 is 2.50 bits per heavy atom. The fourth-order valence-electron chi connectivity index (χ4n) is 2.02. The molecule has 7 heteroatoms. The lowest BCUT2D eigenvalue weighted by atomic mass is 10.2. The van der Waals surface area contributed by atoms with Gasteiger partial charge in [-0.15, -0.1) is 0 Å². The van der Waals surface area contributed by atoms with E-state index >= 15 is 0 Å². The molecular weight excluding hydrogens is 278 g/mol. The summed E-state index contributed by atoms with van der Waals surface area (Å²) in [5, 5.41) is 3.32. The Morgan fingerprint density at radius 1 is 1.55 bits per heavy atom. The molecule has 1 atom stereocenters. The predicted octanol–water partition coefficient (Wildman–Crippen LogP) is 1.61. The molecule has 1 amide bonds. The molecule has 3 heterocycles. The lowest BCUT2D eigenvalue weighted by Gasteiger charge is -2.09. The van der Waals surface area contributed by atoms with E-state index in [0.29, 0.717) is 23.0 Å². The topological polar surface area (TPSA) is 77.2 Å². The minimum absolute atomic E-state index is 0.0410. The molecule has 3 rings (SSSR count). The van der Waals surface area contributed by atoms with Crippen molar-refractivity contribution in [2.24, 2.45) is 0 Å². The maximum Gasteiger partial charge on any atom is 0.258 e. The fraction of sp³-hybridized carbons (Fsp3) is 0.462. The molecule has 1 aliphatic heterocycles. The summed E-state index contributed by atoms with van der Waals surface area (Å²) in [4.78, 5) is 20.0. The van der Waals surface area contributed by atoms with Gasteiger partial charge in [0.05, 0.1) is 11.9 Å². The summed E-state index contributed by atoms with van der Waals surface area (Å²) in [6, 6.07) is 3.59. The molecule has 20 heavy (non-hydrogen) atoms. The van der Waals surface area contributed by atoms with Gasteiger partial charge in [-0.1, -0.05) is 11.8 Å². The Labute approximate surface area is 120 Å². The number of hydrogen-bond donors (Lipinski definition) is 1. The molecule has 0 aromatic carbocycles. The van der Waals surface area contributed by atoms with Crippen LogP contribution in [0.3, 0.4) is 0 Å². The van der Waals surface area contributed by atoms with Gasteiger partial charge < -0.3 is 14.5 Å². The Bertz CT molecular complexity index is 562. The monoisotopic (exact) mass is 293 g/mol. The van der Waals surface area contributed by atoms with E-state index in [4.69, 9.17) is 9.15 Å². The highest BCUT2D eigenvalue weighted by atomic mass is 32.2. The van der Waals surface area contributed by atoms with Crippen molar-refractivity contribution in [1.29, 1.82) is 0 Å². The van der Waals surface area contributed by atoms with Crippen LogP contribution >= 0.6 is 11.8 Å². The second kappa shape index (κ2) is 6.23. The van der Waals surface area contributed by atoms with Crippen LogP contribution in [0.25, 0.3) is 11.2 Å². The third kappa shape index (κ3) is 3.29. The standard InChI is InChI=1S/C13H15N3O3S/c17-11(15-7-9-3-2-6-18-9)8-20-13-16-12-10(19-13)4-1-5-14-12/h1,4-5,9H,2-3,6-8H2,(H,15,17)/t9-/m0/s1. The quantitative estimate of drug-likeness (QED) is 0.844. The van der Waals surface area contributed by atoms with E-state index in [9.17, 15) is 4.79 Å². The van der Waals surface area contributed by atoms with Gasteiger partial charge in [0, 0.05) is 19.3 Å². The molecule has 0 spiro atoms.